The Balaban J connectivity index is 2.88. The summed E-state index contributed by atoms with van der Waals surface area (Å²) in [5.74, 6) is -1.32. The van der Waals surface area contributed by atoms with Crippen molar-refractivity contribution in [3.05, 3.63) is 18.0 Å². The number of nitrogens with one attached hydrogen (secondary N) is 1. The lowest BCUT2D eigenvalue weighted by atomic mass is 10.2. The summed E-state index contributed by atoms with van der Waals surface area (Å²) < 4.78 is 1.21. The zero-order valence-corrected chi connectivity index (χ0v) is 10.2. The van der Waals surface area contributed by atoms with Crippen molar-refractivity contribution < 1.29 is 14.7 Å². The van der Waals surface area contributed by atoms with Crippen LogP contribution in [0.5, 0.6) is 0 Å². The zero-order valence-electron chi connectivity index (χ0n) is 10.2. The van der Waals surface area contributed by atoms with Crippen molar-refractivity contribution >= 4 is 11.9 Å². The average molecular weight is 239 g/mol. The van der Waals surface area contributed by atoms with Gasteiger partial charge in [-0.1, -0.05) is 6.92 Å². The standard InChI is InChI=1S/C11H17N3O3/c1-4-7(2)13-10(15)9-5-6-12-14(9)8(3)11(16)17/h5-8H,4H2,1-3H3,(H,13,15)(H,16,17). The van der Waals surface area contributed by atoms with E-state index in [0.29, 0.717) is 0 Å². The topological polar surface area (TPSA) is 84.2 Å². The molecule has 1 aromatic heterocycles. The van der Waals surface area contributed by atoms with Crippen molar-refractivity contribution in [1.29, 1.82) is 0 Å². The van der Waals surface area contributed by atoms with Gasteiger partial charge in [0.1, 0.15) is 11.7 Å². The number of amides is 1. The lowest BCUT2D eigenvalue weighted by molar-refractivity contribution is -0.140. The molecule has 17 heavy (non-hydrogen) atoms. The number of carbonyl (C=O) groups is 2. The normalized spacial score (nSPS) is 14.1. The quantitative estimate of drug-likeness (QED) is 0.804. The van der Waals surface area contributed by atoms with Gasteiger partial charge in [-0.3, -0.25) is 4.79 Å². The molecular formula is C11H17N3O3. The number of hydrogen-bond donors (Lipinski definition) is 2. The molecule has 0 bridgehead atoms. The summed E-state index contributed by atoms with van der Waals surface area (Å²) in [4.78, 5) is 22.7. The number of carbonyl (C=O) groups excluding carboxylic acids is 1. The summed E-state index contributed by atoms with van der Waals surface area (Å²) in [6.45, 7) is 5.33. The van der Waals surface area contributed by atoms with Gasteiger partial charge in [0.05, 0.1) is 0 Å². The van der Waals surface area contributed by atoms with E-state index in [9.17, 15) is 9.59 Å². The number of hydrogen-bond acceptors (Lipinski definition) is 3. The van der Waals surface area contributed by atoms with Gasteiger partial charge in [0.2, 0.25) is 0 Å². The predicted octanol–water partition coefficient (Wildman–Crippen LogP) is 1.06. The maximum Gasteiger partial charge on any atom is 0.328 e. The van der Waals surface area contributed by atoms with Crippen LogP contribution in [0.15, 0.2) is 12.3 Å². The molecule has 0 aromatic carbocycles. The molecule has 2 unspecified atom stereocenters. The number of rotatable bonds is 5. The summed E-state index contributed by atoms with van der Waals surface area (Å²) >= 11 is 0. The van der Waals surface area contributed by atoms with Gasteiger partial charge in [-0.2, -0.15) is 5.10 Å². The largest absolute Gasteiger partial charge is 0.480 e. The molecule has 0 aliphatic rings. The summed E-state index contributed by atoms with van der Waals surface area (Å²) in [5.41, 5.74) is 0.264. The van der Waals surface area contributed by atoms with Gasteiger partial charge >= 0.3 is 5.97 Å². The molecule has 94 valence electrons. The second kappa shape index (κ2) is 5.47. The van der Waals surface area contributed by atoms with Crippen LogP contribution in [0.3, 0.4) is 0 Å². The minimum atomic E-state index is -1.02. The number of carboxylic acids is 1. The van der Waals surface area contributed by atoms with Gasteiger partial charge in [0, 0.05) is 12.2 Å². The van der Waals surface area contributed by atoms with Crippen LogP contribution in [0.25, 0.3) is 0 Å². The Labute approximate surface area is 99.6 Å². The first-order chi connectivity index (χ1) is 7.97. The number of carboxylic acid groups (broad SMARTS) is 1. The summed E-state index contributed by atoms with van der Waals surface area (Å²) in [6, 6.07) is 0.700. The van der Waals surface area contributed by atoms with Crippen LogP contribution < -0.4 is 5.32 Å². The fourth-order valence-electron chi connectivity index (χ4n) is 1.31. The van der Waals surface area contributed by atoms with Crippen molar-refractivity contribution in [2.24, 2.45) is 0 Å². The molecule has 0 fully saturated rings. The Morgan fingerprint density at radius 3 is 2.71 bits per heavy atom. The van der Waals surface area contributed by atoms with Crippen molar-refractivity contribution in [3.8, 4) is 0 Å². The van der Waals surface area contributed by atoms with Gasteiger partial charge in [0.25, 0.3) is 5.91 Å². The smallest absolute Gasteiger partial charge is 0.328 e. The minimum absolute atomic E-state index is 0.0472. The zero-order chi connectivity index (χ0) is 13.0. The van der Waals surface area contributed by atoms with Crippen molar-refractivity contribution in [3.63, 3.8) is 0 Å². The SMILES string of the molecule is CCC(C)NC(=O)c1ccnn1C(C)C(=O)O. The molecule has 1 rings (SSSR count). The van der Waals surface area contributed by atoms with Crippen LogP contribution >= 0.6 is 0 Å². The van der Waals surface area contributed by atoms with E-state index in [1.807, 2.05) is 13.8 Å². The third-order valence-corrected chi connectivity index (χ3v) is 2.62. The first kappa shape index (κ1) is 13.2. The molecular weight excluding hydrogens is 222 g/mol. The fourth-order valence-corrected chi connectivity index (χ4v) is 1.31. The van der Waals surface area contributed by atoms with Crippen molar-refractivity contribution in [1.82, 2.24) is 15.1 Å². The highest BCUT2D eigenvalue weighted by Crippen LogP contribution is 2.09. The van der Waals surface area contributed by atoms with Gasteiger partial charge in [0.15, 0.2) is 0 Å². The van der Waals surface area contributed by atoms with Gasteiger partial charge in [-0.25, -0.2) is 9.48 Å². The Kier molecular flexibility index (Phi) is 4.25. The van der Waals surface area contributed by atoms with Crippen LogP contribution in [-0.4, -0.2) is 32.8 Å². The van der Waals surface area contributed by atoms with Crippen molar-refractivity contribution in [2.75, 3.05) is 0 Å². The van der Waals surface area contributed by atoms with E-state index in [4.69, 9.17) is 5.11 Å². The monoisotopic (exact) mass is 239 g/mol. The molecule has 2 N–H and O–H groups in total. The molecule has 0 aliphatic carbocycles. The van der Waals surface area contributed by atoms with Crippen LogP contribution in [0.2, 0.25) is 0 Å². The highest BCUT2D eigenvalue weighted by Gasteiger charge is 2.21. The first-order valence-electron chi connectivity index (χ1n) is 5.54. The second-order valence-electron chi connectivity index (χ2n) is 3.96. The molecule has 2 atom stereocenters. The predicted molar refractivity (Wildman–Crippen MR) is 61.8 cm³/mol. The lowest BCUT2D eigenvalue weighted by Gasteiger charge is -2.14. The average Bonchev–Trinajstić information content (AvgIpc) is 2.76. The molecule has 0 saturated heterocycles. The van der Waals surface area contributed by atoms with Gasteiger partial charge in [-0.05, 0) is 26.3 Å². The van der Waals surface area contributed by atoms with E-state index in [1.54, 1.807) is 0 Å². The maximum atomic E-state index is 11.9. The van der Waals surface area contributed by atoms with E-state index < -0.39 is 12.0 Å². The molecule has 0 aliphatic heterocycles. The van der Waals surface area contributed by atoms with Crippen LogP contribution in [0.4, 0.5) is 0 Å². The molecule has 1 aromatic rings. The third-order valence-electron chi connectivity index (χ3n) is 2.62. The van der Waals surface area contributed by atoms with E-state index in [1.165, 1.54) is 23.9 Å². The van der Waals surface area contributed by atoms with E-state index in [2.05, 4.69) is 10.4 Å². The summed E-state index contributed by atoms with van der Waals surface area (Å²) in [5, 5.41) is 15.5. The highest BCUT2D eigenvalue weighted by atomic mass is 16.4. The molecule has 0 spiro atoms. The van der Waals surface area contributed by atoms with Crippen LogP contribution in [0, 0.1) is 0 Å². The number of aliphatic carboxylic acids is 1. The Hall–Kier alpha value is -1.85. The summed E-state index contributed by atoms with van der Waals surface area (Å²) in [7, 11) is 0. The van der Waals surface area contributed by atoms with Crippen molar-refractivity contribution in [2.45, 2.75) is 39.3 Å². The number of nitrogens with zero attached hydrogens (tertiary/aromatic N) is 2. The highest BCUT2D eigenvalue weighted by molar-refractivity contribution is 5.93. The van der Waals surface area contributed by atoms with Crippen LogP contribution in [0.1, 0.15) is 43.7 Å². The molecule has 0 saturated carbocycles. The third kappa shape index (κ3) is 3.05. The Bertz CT molecular complexity index is 414. The van der Waals surface area contributed by atoms with E-state index >= 15 is 0 Å². The van der Waals surface area contributed by atoms with E-state index in [-0.39, 0.29) is 17.6 Å². The maximum absolute atomic E-state index is 11.9. The minimum Gasteiger partial charge on any atom is -0.480 e. The Morgan fingerprint density at radius 1 is 1.53 bits per heavy atom. The molecule has 6 nitrogen and oxygen atoms in total. The Morgan fingerprint density at radius 2 is 2.18 bits per heavy atom. The molecule has 6 heteroatoms. The molecule has 0 radical (unpaired) electrons. The number of aromatic nitrogens is 2. The molecule has 1 amide bonds. The fraction of sp³-hybridized carbons (Fsp3) is 0.545. The van der Waals surface area contributed by atoms with Gasteiger partial charge in [-0.15, -0.1) is 0 Å². The van der Waals surface area contributed by atoms with Crippen LogP contribution in [-0.2, 0) is 4.79 Å². The first-order valence-corrected chi connectivity index (χ1v) is 5.54. The van der Waals surface area contributed by atoms with E-state index in [0.717, 1.165) is 6.42 Å². The summed E-state index contributed by atoms with van der Waals surface area (Å²) in [6.07, 6.45) is 2.24. The lowest BCUT2D eigenvalue weighted by Crippen LogP contribution is -2.34. The second-order valence-corrected chi connectivity index (χ2v) is 3.96. The molecule has 1 heterocycles. The van der Waals surface area contributed by atoms with Gasteiger partial charge < -0.3 is 10.4 Å².